The largest absolute Gasteiger partial charge is 0.469 e. The van der Waals surface area contributed by atoms with E-state index >= 15 is 0 Å². The Morgan fingerprint density at radius 2 is 1.62 bits per heavy atom. The fourth-order valence-electron chi connectivity index (χ4n) is 3.30. The summed E-state index contributed by atoms with van der Waals surface area (Å²) < 4.78 is 5.73. The fraction of sp³-hybridized carbons (Fsp3) is 0.900. The van der Waals surface area contributed by atoms with Crippen molar-refractivity contribution in [2.45, 2.75) is 6.42 Å². The van der Waals surface area contributed by atoms with E-state index in [0.29, 0.717) is 6.42 Å². The molecule has 90 valence electrons. The molecule has 16 heavy (non-hydrogen) atoms. The van der Waals surface area contributed by atoms with Gasteiger partial charge in [-0.3, -0.25) is 9.28 Å². The van der Waals surface area contributed by atoms with Crippen LogP contribution in [-0.4, -0.2) is 78.8 Å². The zero-order valence-electron chi connectivity index (χ0n) is 9.76. The standard InChI is InChI=1S/C10H19N4O2/c1-16-10(15)2-3-14-7-11-4-12(8-14)6-13(5-11)9-14/h2-9H2,1H3/q+1. The van der Waals surface area contributed by atoms with Crippen molar-refractivity contribution in [3.63, 3.8) is 0 Å². The number of rotatable bonds is 3. The summed E-state index contributed by atoms with van der Waals surface area (Å²) in [6.07, 6.45) is 0.534. The van der Waals surface area contributed by atoms with Gasteiger partial charge in [0.05, 0.1) is 40.1 Å². The molecule has 4 aliphatic heterocycles. The Kier molecular flexibility index (Phi) is 2.39. The highest BCUT2D eigenvalue weighted by atomic mass is 16.5. The van der Waals surface area contributed by atoms with E-state index in [4.69, 9.17) is 4.74 Å². The molecule has 0 atom stereocenters. The third-order valence-electron chi connectivity index (χ3n) is 3.72. The maximum absolute atomic E-state index is 11.2. The molecule has 0 aromatic rings. The van der Waals surface area contributed by atoms with Crippen LogP contribution < -0.4 is 0 Å². The van der Waals surface area contributed by atoms with E-state index in [9.17, 15) is 4.79 Å². The first kappa shape index (κ1) is 10.5. The zero-order chi connectivity index (χ0) is 11.2. The van der Waals surface area contributed by atoms with Gasteiger partial charge in [0.15, 0.2) is 0 Å². The van der Waals surface area contributed by atoms with Crippen molar-refractivity contribution in [1.82, 2.24) is 14.7 Å². The van der Waals surface area contributed by atoms with Crippen LogP contribution in [0.3, 0.4) is 0 Å². The van der Waals surface area contributed by atoms with E-state index in [-0.39, 0.29) is 5.97 Å². The lowest BCUT2D eigenvalue weighted by Gasteiger charge is -2.60. The third-order valence-corrected chi connectivity index (χ3v) is 3.72. The van der Waals surface area contributed by atoms with Crippen molar-refractivity contribution in [3.05, 3.63) is 0 Å². The van der Waals surface area contributed by atoms with Gasteiger partial charge in [-0.25, -0.2) is 14.7 Å². The minimum atomic E-state index is -0.0890. The average Bonchev–Trinajstić information content (AvgIpc) is 2.24. The molecule has 0 spiro atoms. The molecule has 0 unspecified atom stereocenters. The molecule has 4 bridgehead atoms. The normalized spacial score (nSPS) is 44.7. The average molecular weight is 227 g/mol. The fourth-order valence-corrected chi connectivity index (χ4v) is 3.30. The smallest absolute Gasteiger partial charge is 0.311 e. The van der Waals surface area contributed by atoms with Crippen molar-refractivity contribution < 1.29 is 14.0 Å². The molecule has 0 aromatic carbocycles. The van der Waals surface area contributed by atoms with Crippen molar-refractivity contribution in [3.8, 4) is 0 Å². The van der Waals surface area contributed by atoms with Crippen LogP contribution in [0.25, 0.3) is 0 Å². The lowest BCUT2D eigenvalue weighted by molar-refractivity contribution is -0.979. The maximum atomic E-state index is 11.2. The number of carbonyl (C=O) groups excluding carboxylic acids is 1. The molecule has 6 heteroatoms. The summed E-state index contributed by atoms with van der Waals surface area (Å²) in [5.41, 5.74) is 0. The van der Waals surface area contributed by atoms with Gasteiger partial charge in [0.2, 0.25) is 0 Å². The second kappa shape index (κ2) is 3.66. The number of nitrogens with zero attached hydrogens (tertiary/aromatic N) is 4. The van der Waals surface area contributed by atoms with Gasteiger partial charge < -0.3 is 4.74 Å². The van der Waals surface area contributed by atoms with Crippen LogP contribution in [0.1, 0.15) is 6.42 Å². The van der Waals surface area contributed by atoms with E-state index in [1.807, 2.05) is 0 Å². The Morgan fingerprint density at radius 3 is 2.06 bits per heavy atom. The van der Waals surface area contributed by atoms with Gasteiger partial charge in [-0.05, 0) is 0 Å². The van der Waals surface area contributed by atoms with Crippen molar-refractivity contribution in [2.75, 3.05) is 53.7 Å². The predicted octanol–water partition coefficient (Wildman–Crippen LogP) is -0.942. The van der Waals surface area contributed by atoms with E-state index in [1.165, 1.54) is 7.11 Å². The molecule has 4 aliphatic rings. The molecule has 0 radical (unpaired) electrons. The molecule has 6 nitrogen and oxygen atoms in total. The number of hydrogen-bond acceptors (Lipinski definition) is 5. The summed E-state index contributed by atoms with van der Waals surface area (Å²) in [4.78, 5) is 18.6. The Balaban J connectivity index is 1.67. The topological polar surface area (TPSA) is 36.0 Å². The predicted molar refractivity (Wildman–Crippen MR) is 56.5 cm³/mol. The molecular weight excluding hydrogens is 208 g/mol. The summed E-state index contributed by atoms with van der Waals surface area (Å²) in [6, 6.07) is 0. The highest BCUT2D eigenvalue weighted by molar-refractivity contribution is 5.69. The van der Waals surface area contributed by atoms with E-state index < -0.39 is 0 Å². The van der Waals surface area contributed by atoms with Crippen LogP contribution >= 0.6 is 0 Å². The molecule has 4 saturated heterocycles. The van der Waals surface area contributed by atoms with Gasteiger partial charge >= 0.3 is 5.97 Å². The van der Waals surface area contributed by atoms with Gasteiger partial charge in [-0.15, -0.1) is 0 Å². The number of quaternary nitrogens is 1. The van der Waals surface area contributed by atoms with E-state index in [0.717, 1.165) is 51.0 Å². The van der Waals surface area contributed by atoms with Crippen molar-refractivity contribution in [2.24, 2.45) is 0 Å². The molecule has 4 rings (SSSR count). The van der Waals surface area contributed by atoms with Crippen LogP contribution in [0, 0.1) is 0 Å². The Labute approximate surface area is 95.5 Å². The molecule has 0 N–H and O–H groups in total. The first-order chi connectivity index (χ1) is 7.69. The van der Waals surface area contributed by atoms with E-state index in [2.05, 4.69) is 14.7 Å². The Hall–Kier alpha value is -0.690. The van der Waals surface area contributed by atoms with Gasteiger partial charge in [-0.1, -0.05) is 0 Å². The summed E-state index contributed by atoms with van der Waals surface area (Å²) in [6.45, 7) is 7.44. The Morgan fingerprint density at radius 1 is 1.12 bits per heavy atom. The number of ether oxygens (including phenoxy) is 1. The zero-order valence-corrected chi connectivity index (χ0v) is 9.76. The SMILES string of the molecule is COC(=O)CC[N+]12CN3CN(CN(C3)C1)C2. The molecular formula is C10H19N4O2+. The van der Waals surface area contributed by atoms with Crippen LogP contribution in [0.5, 0.6) is 0 Å². The van der Waals surface area contributed by atoms with Crippen LogP contribution in [-0.2, 0) is 9.53 Å². The number of hydrogen-bond donors (Lipinski definition) is 0. The summed E-state index contributed by atoms with van der Waals surface area (Å²) in [5.74, 6) is -0.0890. The van der Waals surface area contributed by atoms with Gasteiger partial charge in [0, 0.05) is 0 Å². The molecule has 0 aromatic heterocycles. The highest BCUT2D eigenvalue weighted by Crippen LogP contribution is 2.28. The van der Waals surface area contributed by atoms with Crippen molar-refractivity contribution >= 4 is 5.97 Å². The first-order valence-electron chi connectivity index (χ1n) is 5.78. The molecule has 0 aliphatic carbocycles. The maximum Gasteiger partial charge on any atom is 0.311 e. The monoisotopic (exact) mass is 227 g/mol. The van der Waals surface area contributed by atoms with Gasteiger partial charge in [0.1, 0.15) is 20.0 Å². The quantitative estimate of drug-likeness (QED) is 0.459. The molecule has 0 saturated carbocycles. The second-order valence-electron chi connectivity index (χ2n) is 5.25. The van der Waals surface area contributed by atoms with Gasteiger partial charge in [0.25, 0.3) is 0 Å². The van der Waals surface area contributed by atoms with Crippen LogP contribution in [0.15, 0.2) is 0 Å². The molecule has 0 amide bonds. The summed E-state index contributed by atoms with van der Waals surface area (Å²) >= 11 is 0. The minimum absolute atomic E-state index is 0.0890. The van der Waals surface area contributed by atoms with Gasteiger partial charge in [-0.2, -0.15) is 0 Å². The highest BCUT2D eigenvalue weighted by Gasteiger charge is 2.48. The third kappa shape index (κ3) is 1.71. The lowest BCUT2D eigenvalue weighted by Crippen LogP contribution is -2.79. The summed E-state index contributed by atoms with van der Waals surface area (Å²) in [5, 5.41) is 0. The number of esters is 1. The van der Waals surface area contributed by atoms with Crippen LogP contribution in [0.4, 0.5) is 0 Å². The molecule has 4 heterocycles. The van der Waals surface area contributed by atoms with E-state index in [1.54, 1.807) is 0 Å². The molecule has 4 fully saturated rings. The lowest BCUT2D eigenvalue weighted by atomic mass is 10.2. The Bertz CT molecular complexity index is 272. The number of carbonyl (C=O) groups is 1. The summed E-state index contributed by atoms with van der Waals surface area (Å²) in [7, 11) is 1.46. The van der Waals surface area contributed by atoms with Crippen molar-refractivity contribution in [1.29, 1.82) is 0 Å². The second-order valence-corrected chi connectivity index (χ2v) is 5.25. The minimum Gasteiger partial charge on any atom is -0.469 e. The van der Waals surface area contributed by atoms with Crippen LogP contribution in [0.2, 0.25) is 0 Å². The first-order valence-corrected chi connectivity index (χ1v) is 5.78. The number of methoxy groups -OCH3 is 1.